The van der Waals surface area contributed by atoms with Crippen LogP contribution >= 0.6 is 0 Å². The summed E-state index contributed by atoms with van der Waals surface area (Å²) in [6, 6.07) is 1.61. The molecule has 4 nitrogen and oxygen atoms in total. The van der Waals surface area contributed by atoms with E-state index in [1.165, 1.54) is 6.08 Å². The van der Waals surface area contributed by atoms with Crippen LogP contribution in [-0.4, -0.2) is 17.7 Å². The first-order valence-corrected chi connectivity index (χ1v) is 4.49. The van der Waals surface area contributed by atoms with E-state index < -0.39 is 17.4 Å². The molecule has 0 saturated carbocycles. The molecule has 0 spiro atoms. The fraction of sp³-hybridized carbons (Fsp3) is 0.100. The molecule has 0 aromatic heterocycles. The van der Waals surface area contributed by atoms with Gasteiger partial charge in [0.1, 0.15) is 0 Å². The Hall–Kier alpha value is -2.11. The smallest absolute Gasteiger partial charge is 0.319 e. The molecule has 1 saturated heterocycles. The van der Waals surface area contributed by atoms with Crippen LogP contribution < -0.4 is 10.6 Å². The van der Waals surface area contributed by atoms with Crippen LogP contribution in [0.4, 0.5) is 13.6 Å². The van der Waals surface area contributed by atoms with Gasteiger partial charge in [-0.1, -0.05) is 0 Å². The minimum atomic E-state index is -1.04. The quantitative estimate of drug-likeness (QED) is 0.676. The summed E-state index contributed by atoms with van der Waals surface area (Å²) >= 11 is 0. The van der Waals surface area contributed by atoms with Crippen molar-refractivity contribution in [2.75, 3.05) is 6.54 Å². The second kappa shape index (κ2) is 3.80. The highest BCUT2D eigenvalue weighted by Gasteiger charge is 2.14. The normalized spacial score (nSPS) is 17.4. The van der Waals surface area contributed by atoms with Gasteiger partial charge in [0, 0.05) is 5.70 Å². The standard InChI is InChI=1S/C10H8F2N2O2/c11-7-2-5(3-8(12)9(7)15)1-6-4-13-10(16)14-6/h1-3,15H,4H2,(H2,13,14,16). The summed E-state index contributed by atoms with van der Waals surface area (Å²) < 4.78 is 25.9. The Kier molecular flexibility index (Phi) is 2.47. The molecule has 1 aromatic rings. The van der Waals surface area contributed by atoms with E-state index in [4.69, 9.17) is 5.11 Å². The fourth-order valence-electron chi connectivity index (χ4n) is 1.37. The summed E-state index contributed by atoms with van der Waals surface area (Å²) in [6.45, 7) is 0.281. The molecule has 0 radical (unpaired) electrons. The fourth-order valence-corrected chi connectivity index (χ4v) is 1.37. The maximum atomic E-state index is 13.0. The van der Waals surface area contributed by atoms with Crippen LogP contribution in [0.25, 0.3) is 6.08 Å². The lowest BCUT2D eigenvalue weighted by atomic mass is 10.1. The highest BCUT2D eigenvalue weighted by Crippen LogP contribution is 2.22. The zero-order valence-electron chi connectivity index (χ0n) is 8.05. The molecule has 0 aliphatic carbocycles. The molecule has 2 amide bonds. The third-order valence-electron chi connectivity index (χ3n) is 2.09. The first kappa shape index (κ1) is 10.4. The SMILES string of the molecule is O=C1NCC(=Cc2cc(F)c(O)c(F)c2)N1. The number of nitrogens with one attached hydrogen (secondary N) is 2. The van der Waals surface area contributed by atoms with E-state index in [1.807, 2.05) is 0 Å². The molecular formula is C10H8F2N2O2. The number of urea groups is 1. The molecular weight excluding hydrogens is 218 g/mol. The minimum Gasteiger partial charge on any atom is -0.503 e. The Bertz CT molecular complexity index is 463. The number of hydrogen-bond donors (Lipinski definition) is 3. The highest BCUT2D eigenvalue weighted by molar-refractivity contribution is 5.81. The summed E-state index contributed by atoms with van der Waals surface area (Å²) in [5.74, 6) is -3.08. The molecule has 6 heteroatoms. The minimum absolute atomic E-state index is 0.229. The third-order valence-corrected chi connectivity index (χ3v) is 2.09. The topological polar surface area (TPSA) is 61.4 Å². The van der Waals surface area contributed by atoms with Gasteiger partial charge in [-0.05, 0) is 23.8 Å². The zero-order chi connectivity index (χ0) is 11.7. The van der Waals surface area contributed by atoms with Crippen molar-refractivity contribution in [3.05, 3.63) is 35.0 Å². The first-order valence-electron chi connectivity index (χ1n) is 4.49. The number of phenols is 1. The molecule has 84 valence electrons. The molecule has 3 N–H and O–H groups in total. The van der Waals surface area contributed by atoms with Crippen LogP contribution in [0.15, 0.2) is 17.8 Å². The lowest BCUT2D eigenvalue weighted by Gasteiger charge is -2.01. The van der Waals surface area contributed by atoms with Crippen molar-refractivity contribution in [2.45, 2.75) is 0 Å². The lowest BCUT2D eigenvalue weighted by molar-refractivity contribution is 0.249. The number of aromatic hydroxyl groups is 1. The van der Waals surface area contributed by atoms with Gasteiger partial charge in [-0.3, -0.25) is 0 Å². The number of amides is 2. The van der Waals surface area contributed by atoms with Gasteiger partial charge < -0.3 is 15.7 Å². The summed E-state index contributed by atoms with van der Waals surface area (Å²) in [5.41, 5.74) is 0.737. The molecule has 2 rings (SSSR count). The molecule has 1 aromatic carbocycles. The van der Waals surface area contributed by atoms with E-state index in [0.29, 0.717) is 5.70 Å². The van der Waals surface area contributed by atoms with E-state index in [1.54, 1.807) is 0 Å². The van der Waals surface area contributed by atoms with E-state index in [2.05, 4.69) is 10.6 Å². The second-order valence-electron chi connectivity index (χ2n) is 3.31. The number of carbonyl (C=O) groups excluding carboxylic acids is 1. The van der Waals surface area contributed by atoms with Crippen LogP contribution in [-0.2, 0) is 0 Å². The van der Waals surface area contributed by atoms with Gasteiger partial charge in [0.2, 0.25) is 0 Å². The average molecular weight is 226 g/mol. The molecule has 0 atom stereocenters. The van der Waals surface area contributed by atoms with E-state index in [-0.39, 0.29) is 18.1 Å². The van der Waals surface area contributed by atoms with Crippen LogP contribution in [0.1, 0.15) is 5.56 Å². The number of halogens is 2. The number of rotatable bonds is 1. The summed E-state index contributed by atoms with van der Waals surface area (Å²) in [7, 11) is 0. The Morgan fingerprint density at radius 3 is 2.44 bits per heavy atom. The molecule has 1 fully saturated rings. The van der Waals surface area contributed by atoms with E-state index >= 15 is 0 Å². The van der Waals surface area contributed by atoms with Crippen LogP contribution in [0.5, 0.6) is 5.75 Å². The van der Waals surface area contributed by atoms with Crippen LogP contribution in [0.2, 0.25) is 0 Å². The average Bonchev–Trinajstić information content (AvgIpc) is 2.60. The van der Waals surface area contributed by atoms with Crippen molar-refractivity contribution >= 4 is 12.1 Å². The largest absolute Gasteiger partial charge is 0.503 e. The number of phenolic OH excluding ortho intramolecular Hbond substituents is 1. The Morgan fingerprint density at radius 2 is 1.94 bits per heavy atom. The van der Waals surface area contributed by atoms with Gasteiger partial charge >= 0.3 is 6.03 Å². The van der Waals surface area contributed by atoms with Gasteiger partial charge in [0.05, 0.1) is 6.54 Å². The second-order valence-corrected chi connectivity index (χ2v) is 3.31. The van der Waals surface area contributed by atoms with Gasteiger partial charge in [0.15, 0.2) is 17.4 Å². The summed E-state index contributed by atoms with van der Waals surface area (Å²) in [5, 5.41) is 13.8. The zero-order valence-corrected chi connectivity index (χ0v) is 8.05. The number of benzene rings is 1. The maximum absolute atomic E-state index is 13.0. The molecule has 1 heterocycles. The van der Waals surface area contributed by atoms with Crippen molar-refractivity contribution in [3.63, 3.8) is 0 Å². The van der Waals surface area contributed by atoms with Gasteiger partial charge in [-0.25, -0.2) is 13.6 Å². The third kappa shape index (κ3) is 1.95. The predicted octanol–water partition coefficient (Wildman–Crippen LogP) is 1.32. The van der Waals surface area contributed by atoms with Crippen molar-refractivity contribution in [1.82, 2.24) is 10.6 Å². The van der Waals surface area contributed by atoms with Gasteiger partial charge in [0.25, 0.3) is 0 Å². The maximum Gasteiger partial charge on any atom is 0.319 e. The van der Waals surface area contributed by atoms with Crippen molar-refractivity contribution in [1.29, 1.82) is 0 Å². The molecule has 1 aliphatic rings. The molecule has 1 aliphatic heterocycles. The number of hydrogen-bond acceptors (Lipinski definition) is 2. The van der Waals surface area contributed by atoms with Gasteiger partial charge in [-0.15, -0.1) is 0 Å². The predicted molar refractivity (Wildman–Crippen MR) is 52.5 cm³/mol. The monoisotopic (exact) mass is 226 g/mol. The molecule has 0 bridgehead atoms. The highest BCUT2D eigenvalue weighted by atomic mass is 19.1. The van der Waals surface area contributed by atoms with Gasteiger partial charge in [-0.2, -0.15) is 0 Å². The Balaban J connectivity index is 2.32. The summed E-state index contributed by atoms with van der Waals surface area (Å²) in [4.78, 5) is 10.8. The van der Waals surface area contributed by atoms with Crippen molar-refractivity contribution in [3.8, 4) is 5.75 Å². The molecule has 0 unspecified atom stereocenters. The molecule has 16 heavy (non-hydrogen) atoms. The van der Waals surface area contributed by atoms with Crippen LogP contribution in [0.3, 0.4) is 0 Å². The summed E-state index contributed by atoms with van der Waals surface area (Å²) in [6.07, 6.45) is 1.42. The Labute approximate surface area is 89.6 Å². The first-order chi connectivity index (χ1) is 7.56. The van der Waals surface area contributed by atoms with Crippen molar-refractivity contribution in [2.24, 2.45) is 0 Å². The van der Waals surface area contributed by atoms with E-state index in [9.17, 15) is 13.6 Å². The van der Waals surface area contributed by atoms with Crippen LogP contribution in [0, 0.1) is 11.6 Å². The Morgan fingerprint density at radius 1 is 1.31 bits per heavy atom. The number of carbonyl (C=O) groups is 1. The van der Waals surface area contributed by atoms with E-state index in [0.717, 1.165) is 12.1 Å². The van der Waals surface area contributed by atoms with Crippen molar-refractivity contribution < 1.29 is 18.7 Å². The lowest BCUT2D eigenvalue weighted by Crippen LogP contribution is -2.19.